The second-order valence-electron chi connectivity index (χ2n) is 5.91. The summed E-state index contributed by atoms with van der Waals surface area (Å²) in [5.74, 6) is -0.262. The molecule has 2 N–H and O–H groups in total. The van der Waals surface area contributed by atoms with Crippen LogP contribution in [0.5, 0.6) is 0 Å². The third kappa shape index (κ3) is 2.83. The lowest BCUT2D eigenvalue weighted by molar-refractivity contribution is 0.102. The van der Waals surface area contributed by atoms with E-state index < -0.39 is 0 Å². The number of aryl methyl sites for hydroxylation is 1. The lowest BCUT2D eigenvalue weighted by Gasteiger charge is -2.09. The highest BCUT2D eigenvalue weighted by atomic mass is 35.5. The number of rotatable bonds is 3. The number of halogens is 1. The van der Waals surface area contributed by atoms with Gasteiger partial charge in [-0.2, -0.15) is 5.10 Å². The molecule has 0 spiro atoms. The van der Waals surface area contributed by atoms with Crippen LogP contribution in [0.4, 0.5) is 11.4 Å². The zero-order chi connectivity index (χ0) is 17.4. The molecule has 6 heteroatoms. The van der Waals surface area contributed by atoms with Crippen LogP contribution in [0.2, 0.25) is 5.02 Å². The highest BCUT2D eigenvalue weighted by Crippen LogP contribution is 2.30. The number of amides is 1. The molecule has 4 rings (SSSR count). The van der Waals surface area contributed by atoms with Crippen LogP contribution in [-0.4, -0.2) is 21.8 Å². The Morgan fingerprint density at radius 1 is 1.20 bits per heavy atom. The Hall–Kier alpha value is -2.92. The molecule has 0 unspecified atom stereocenters. The van der Waals surface area contributed by atoms with Crippen molar-refractivity contribution in [3.63, 3.8) is 0 Å². The van der Waals surface area contributed by atoms with Crippen molar-refractivity contribution in [2.45, 2.75) is 13.3 Å². The number of fused-ring (bicyclic) bond motifs is 1. The largest absolute Gasteiger partial charge is 0.319 e. The lowest BCUT2D eigenvalue weighted by atomic mass is 10.1. The van der Waals surface area contributed by atoms with E-state index in [1.54, 1.807) is 12.3 Å². The van der Waals surface area contributed by atoms with E-state index in [1.165, 1.54) is 0 Å². The number of nitrogens with one attached hydrogen (secondary N) is 2. The summed E-state index contributed by atoms with van der Waals surface area (Å²) in [5, 5.41) is 10.3. The molecule has 1 aromatic heterocycles. The number of carbonyl (C=O) groups excluding carboxylic acids is 1. The predicted molar refractivity (Wildman–Crippen MR) is 99.1 cm³/mol. The van der Waals surface area contributed by atoms with E-state index in [9.17, 15) is 4.79 Å². The van der Waals surface area contributed by atoms with Crippen LogP contribution in [0.15, 0.2) is 53.7 Å². The number of H-pyrrole nitrogens is 1. The maximum Gasteiger partial charge on any atom is 0.257 e. The van der Waals surface area contributed by atoms with E-state index >= 15 is 0 Å². The Morgan fingerprint density at radius 2 is 2.04 bits per heavy atom. The number of hydrogen-bond donors (Lipinski definition) is 2. The Kier molecular flexibility index (Phi) is 3.86. The minimum atomic E-state index is -0.262. The fourth-order valence-corrected chi connectivity index (χ4v) is 3.29. The van der Waals surface area contributed by atoms with Gasteiger partial charge in [-0.05, 0) is 30.2 Å². The molecule has 1 aliphatic rings. The maximum absolute atomic E-state index is 12.7. The first kappa shape index (κ1) is 15.6. The molecule has 2 heterocycles. The fraction of sp³-hybridized carbons (Fsp3) is 0.105. The van der Waals surface area contributed by atoms with Crippen LogP contribution in [0, 0.1) is 6.92 Å². The van der Waals surface area contributed by atoms with Crippen molar-refractivity contribution in [3.8, 4) is 0 Å². The van der Waals surface area contributed by atoms with Gasteiger partial charge in [-0.25, -0.2) is 0 Å². The van der Waals surface area contributed by atoms with Gasteiger partial charge in [-0.3, -0.25) is 14.9 Å². The molecule has 0 radical (unpaired) electrons. The number of para-hydroxylation sites is 1. The Labute approximate surface area is 149 Å². The smallest absolute Gasteiger partial charge is 0.257 e. The molecular formula is C19H15ClN4O. The quantitative estimate of drug-likeness (QED) is 0.739. The number of anilines is 1. The van der Waals surface area contributed by atoms with Gasteiger partial charge in [0.15, 0.2) is 0 Å². The molecule has 0 atom stereocenters. The van der Waals surface area contributed by atoms with Gasteiger partial charge < -0.3 is 5.32 Å². The number of aromatic amines is 1. The molecule has 1 aliphatic heterocycles. The number of benzene rings is 2. The Balaban J connectivity index is 1.63. The van der Waals surface area contributed by atoms with Crippen molar-refractivity contribution in [1.82, 2.24) is 10.2 Å². The molecule has 0 fully saturated rings. The van der Waals surface area contributed by atoms with Crippen molar-refractivity contribution in [2.24, 2.45) is 4.99 Å². The Morgan fingerprint density at radius 3 is 2.84 bits per heavy atom. The number of carbonyl (C=O) groups is 1. The molecule has 3 aromatic rings. The summed E-state index contributed by atoms with van der Waals surface area (Å²) >= 11 is 6.18. The summed E-state index contributed by atoms with van der Waals surface area (Å²) < 4.78 is 0. The van der Waals surface area contributed by atoms with Gasteiger partial charge >= 0.3 is 0 Å². The highest BCUT2D eigenvalue weighted by Gasteiger charge is 2.22. The molecule has 124 valence electrons. The lowest BCUT2D eigenvalue weighted by Crippen LogP contribution is -2.16. The first-order valence-corrected chi connectivity index (χ1v) is 8.27. The molecule has 0 saturated carbocycles. The van der Waals surface area contributed by atoms with Gasteiger partial charge in [0.1, 0.15) is 5.69 Å². The van der Waals surface area contributed by atoms with Crippen LogP contribution in [0.3, 0.4) is 0 Å². The monoisotopic (exact) mass is 350 g/mol. The minimum absolute atomic E-state index is 0.262. The first-order chi connectivity index (χ1) is 12.1. The molecule has 2 aromatic carbocycles. The fourth-order valence-electron chi connectivity index (χ4n) is 2.98. The van der Waals surface area contributed by atoms with Crippen LogP contribution in [0.25, 0.3) is 0 Å². The molecule has 0 saturated heterocycles. The highest BCUT2D eigenvalue weighted by molar-refractivity contribution is 6.34. The number of aliphatic imine (C=N–C) groups is 1. The van der Waals surface area contributed by atoms with Gasteiger partial charge in [0, 0.05) is 6.42 Å². The summed E-state index contributed by atoms with van der Waals surface area (Å²) in [4.78, 5) is 17.3. The van der Waals surface area contributed by atoms with Crippen LogP contribution in [-0.2, 0) is 6.42 Å². The van der Waals surface area contributed by atoms with E-state index in [2.05, 4.69) is 20.5 Å². The van der Waals surface area contributed by atoms with E-state index in [0.717, 1.165) is 22.5 Å². The van der Waals surface area contributed by atoms with E-state index in [-0.39, 0.29) is 5.91 Å². The SMILES string of the molecule is Cc1cccc(Cl)c1C(=O)Nc1cn[nH]c1C1=Nc2ccccc2C1. The van der Waals surface area contributed by atoms with Crippen molar-refractivity contribution < 1.29 is 4.79 Å². The average Bonchev–Trinajstić information content (AvgIpc) is 3.20. The maximum atomic E-state index is 12.7. The predicted octanol–water partition coefficient (Wildman–Crippen LogP) is 4.30. The van der Waals surface area contributed by atoms with Gasteiger partial charge in [0.25, 0.3) is 5.91 Å². The van der Waals surface area contributed by atoms with Gasteiger partial charge in [-0.1, -0.05) is 41.9 Å². The molecule has 0 aliphatic carbocycles. The van der Waals surface area contributed by atoms with Crippen LogP contribution in [0.1, 0.15) is 27.2 Å². The van der Waals surface area contributed by atoms with Gasteiger partial charge in [-0.15, -0.1) is 0 Å². The molecule has 0 bridgehead atoms. The topological polar surface area (TPSA) is 70.1 Å². The number of nitrogens with zero attached hydrogens (tertiary/aromatic N) is 2. The zero-order valence-electron chi connectivity index (χ0n) is 13.5. The summed E-state index contributed by atoms with van der Waals surface area (Å²) in [6.07, 6.45) is 2.29. The molecular weight excluding hydrogens is 336 g/mol. The number of aromatic nitrogens is 2. The van der Waals surface area contributed by atoms with Crippen molar-refractivity contribution in [2.75, 3.05) is 5.32 Å². The average molecular weight is 351 g/mol. The van der Waals surface area contributed by atoms with E-state index in [0.29, 0.717) is 28.4 Å². The molecule has 5 nitrogen and oxygen atoms in total. The van der Waals surface area contributed by atoms with E-state index in [4.69, 9.17) is 11.6 Å². The van der Waals surface area contributed by atoms with Crippen molar-refractivity contribution in [1.29, 1.82) is 0 Å². The molecule has 25 heavy (non-hydrogen) atoms. The summed E-state index contributed by atoms with van der Waals surface area (Å²) in [7, 11) is 0. The first-order valence-electron chi connectivity index (χ1n) is 7.89. The van der Waals surface area contributed by atoms with Crippen molar-refractivity contribution >= 4 is 34.6 Å². The standard InChI is InChI=1S/C19H15ClN4O/c1-11-5-4-7-13(20)17(11)19(25)23-16-10-21-24-18(16)15-9-12-6-2-3-8-14(12)22-15/h2-8,10H,9H2,1H3,(H,21,24)(H,23,25). The summed E-state index contributed by atoms with van der Waals surface area (Å²) in [6.45, 7) is 1.86. The van der Waals surface area contributed by atoms with E-state index in [1.807, 2.05) is 43.3 Å². The Bertz CT molecular complexity index is 986. The van der Waals surface area contributed by atoms with Crippen LogP contribution < -0.4 is 5.32 Å². The zero-order valence-corrected chi connectivity index (χ0v) is 14.3. The normalized spacial score (nSPS) is 12.6. The van der Waals surface area contributed by atoms with Gasteiger partial charge in [0.2, 0.25) is 0 Å². The third-order valence-corrected chi connectivity index (χ3v) is 4.55. The summed E-state index contributed by atoms with van der Waals surface area (Å²) in [5.41, 5.74) is 5.56. The van der Waals surface area contributed by atoms with Crippen LogP contribution >= 0.6 is 11.6 Å². The second kappa shape index (κ2) is 6.18. The summed E-state index contributed by atoms with van der Waals surface area (Å²) in [6, 6.07) is 13.4. The third-order valence-electron chi connectivity index (χ3n) is 4.23. The second-order valence-corrected chi connectivity index (χ2v) is 6.32. The molecule has 1 amide bonds. The number of hydrogen-bond acceptors (Lipinski definition) is 3. The van der Waals surface area contributed by atoms with Gasteiger partial charge in [0.05, 0.1) is 33.9 Å². The van der Waals surface area contributed by atoms with Crippen molar-refractivity contribution in [3.05, 3.63) is 76.1 Å². The minimum Gasteiger partial charge on any atom is -0.319 e.